The Morgan fingerprint density at radius 1 is 1.09 bits per heavy atom. The molecule has 1 N–H and O–H groups in total. The van der Waals surface area contributed by atoms with Gasteiger partial charge < -0.3 is 4.74 Å². The van der Waals surface area contributed by atoms with Gasteiger partial charge in [-0.2, -0.15) is 0 Å². The average molecular weight is 335 g/mol. The molecule has 2 aromatic carbocycles. The van der Waals surface area contributed by atoms with E-state index in [0.29, 0.717) is 25.1 Å². The van der Waals surface area contributed by atoms with E-state index in [-0.39, 0.29) is 11.6 Å². The maximum Gasteiger partial charge on any atom is 0.215 e. The maximum atomic E-state index is 12.8. The number of ether oxygens (including phenoxy) is 1. The second-order valence-electron chi connectivity index (χ2n) is 5.57. The Hall–Kier alpha value is -1.92. The fourth-order valence-electron chi connectivity index (χ4n) is 2.60. The van der Waals surface area contributed by atoms with Crippen molar-refractivity contribution in [2.45, 2.75) is 18.6 Å². The van der Waals surface area contributed by atoms with Crippen LogP contribution in [0.15, 0.2) is 42.5 Å². The molecule has 0 unspecified atom stereocenters. The number of fused-ring (bicyclic) bond motifs is 1. The van der Waals surface area contributed by atoms with Crippen LogP contribution in [0.5, 0.6) is 5.75 Å². The molecule has 0 saturated carbocycles. The van der Waals surface area contributed by atoms with Gasteiger partial charge in [0.15, 0.2) is 0 Å². The predicted molar refractivity (Wildman–Crippen MR) is 86.4 cm³/mol. The minimum Gasteiger partial charge on any atom is -0.493 e. The number of hydrogen-bond acceptors (Lipinski definition) is 3. The topological polar surface area (TPSA) is 55.4 Å². The number of halogens is 1. The third kappa shape index (κ3) is 4.30. The van der Waals surface area contributed by atoms with Crippen molar-refractivity contribution in [1.82, 2.24) is 4.72 Å². The minimum absolute atomic E-state index is 0.148. The van der Waals surface area contributed by atoms with Crippen LogP contribution < -0.4 is 9.46 Å². The van der Waals surface area contributed by atoms with Crippen LogP contribution in [-0.4, -0.2) is 21.6 Å². The molecule has 3 rings (SSSR count). The normalized spacial score (nSPS) is 13.6. The first-order valence-corrected chi connectivity index (χ1v) is 9.13. The Labute approximate surface area is 135 Å². The van der Waals surface area contributed by atoms with Gasteiger partial charge in [0.25, 0.3) is 0 Å². The van der Waals surface area contributed by atoms with Crippen LogP contribution in [0.25, 0.3) is 0 Å². The molecule has 4 nitrogen and oxygen atoms in total. The molecule has 1 aliphatic heterocycles. The molecule has 0 aliphatic carbocycles. The number of sulfonamides is 1. The lowest BCUT2D eigenvalue weighted by molar-refractivity contribution is 0.357. The van der Waals surface area contributed by atoms with Crippen molar-refractivity contribution in [2.24, 2.45) is 0 Å². The lowest BCUT2D eigenvalue weighted by Crippen LogP contribution is -2.27. The Balaban J connectivity index is 1.54. The molecule has 0 amide bonds. The van der Waals surface area contributed by atoms with Gasteiger partial charge in [-0.1, -0.05) is 24.3 Å². The largest absolute Gasteiger partial charge is 0.493 e. The Kier molecular flexibility index (Phi) is 4.63. The van der Waals surface area contributed by atoms with Gasteiger partial charge >= 0.3 is 0 Å². The van der Waals surface area contributed by atoms with Crippen molar-refractivity contribution in [3.63, 3.8) is 0 Å². The second-order valence-corrected chi connectivity index (χ2v) is 7.38. The first kappa shape index (κ1) is 16.0. The Morgan fingerprint density at radius 2 is 1.83 bits per heavy atom. The minimum atomic E-state index is -3.43. The molecule has 0 fully saturated rings. The van der Waals surface area contributed by atoms with Crippen LogP contribution in [0.3, 0.4) is 0 Å². The smallest absolute Gasteiger partial charge is 0.215 e. The fourth-order valence-corrected chi connectivity index (χ4v) is 3.74. The molecule has 0 radical (unpaired) electrons. The molecule has 2 aromatic rings. The zero-order valence-electron chi connectivity index (χ0n) is 12.6. The van der Waals surface area contributed by atoms with Crippen LogP contribution >= 0.6 is 0 Å². The van der Waals surface area contributed by atoms with Gasteiger partial charge in [-0.15, -0.1) is 0 Å². The first-order chi connectivity index (χ1) is 11.0. The van der Waals surface area contributed by atoms with Crippen LogP contribution in [0.4, 0.5) is 4.39 Å². The lowest BCUT2D eigenvalue weighted by Gasteiger charge is -2.08. The van der Waals surface area contributed by atoms with Gasteiger partial charge in [0.1, 0.15) is 11.6 Å². The molecule has 0 atom stereocenters. The van der Waals surface area contributed by atoms with Crippen molar-refractivity contribution in [3.8, 4) is 5.75 Å². The van der Waals surface area contributed by atoms with Gasteiger partial charge in [-0.05, 0) is 41.3 Å². The quantitative estimate of drug-likeness (QED) is 0.882. The van der Waals surface area contributed by atoms with Gasteiger partial charge in [-0.25, -0.2) is 17.5 Å². The second kappa shape index (κ2) is 6.68. The molecule has 1 heterocycles. The maximum absolute atomic E-state index is 12.8. The molecule has 6 heteroatoms. The highest BCUT2D eigenvalue weighted by Gasteiger charge is 2.13. The summed E-state index contributed by atoms with van der Waals surface area (Å²) in [5, 5.41) is 0. The molecular formula is C17H18FNO3S. The van der Waals surface area contributed by atoms with Crippen LogP contribution in [0.1, 0.15) is 16.7 Å². The van der Waals surface area contributed by atoms with E-state index in [1.165, 1.54) is 29.8 Å². The third-order valence-electron chi connectivity index (χ3n) is 3.76. The van der Waals surface area contributed by atoms with Crippen molar-refractivity contribution < 1.29 is 17.5 Å². The van der Waals surface area contributed by atoms with E-state index in [0.717, 1.165) is 17.7 Å². The van der Waals surface area contributed by atoms with Crippen LogP contribution in [0.2, 0.25) is 0 Å². The number of benzene rings is 2. The zero-order valence-corrected chi connectivity index (χ0v) is 13.4. The first-order valence-electron chi connectivity index (χ1n) is 7.48. The summed E-state index contributed by atoms with van der Waals surface area (Å²) in [5.74, 6) is 0.399. The van der Waals surface area contributed by atoms with Gasteiger partial charge in [0.05, 0.1) is 12.4 Å². The summed E-state index contributed by atoms with van der Waals surface area (Å²) >= 11 is 0. The highest BCUT2D eigenvalue weighted by Crippen LogP contribution is 2.25. The van der Waals surface area contributed by atoms with Gasteiger partial charge in [0, 0.05) is 13.0 Å². The third-order valence-corrected chi connectivity index (χ3v) is 5.12. The van der Waals surface area contributed by atoms with E-state index in [4.69, 9.17) is 4.74 Å². The van der Waals surface area contributed by atoms with E-state index in [1.807, 2.05) is 12.1 Å². The number of nitrogens with one attached hydrogen (secondary N) is 1. The van der Waals surface area contributed by atoms with Gasteiger partial charge in [-0.3, -0.25) is 0 Å². The fraction of sp³-hybridized carbons (Fsp3) is 0.294. The van der Waals surface area contributed by atoms with Crippen molar-refractivity contribution >= 4 is 10.0 Å². The summed E-state index contributed by atoms with van der Waals surface area (Å²) in [6, 6.07) is 11.4. The summed E-state index contributed by atoms with van der Waals surface area (Å²) < 4.78 is 44.9. The SMILES string of the molecule is O=S(=O)(Cc1ccc(F)cc1)NCCc1ccc2c(c1)CCO2. The summed E-state index contributed by atoms with van der Waals surface area (Å²) in [7, 11) is -3.43. The molecule has 1 aliphatic rings. The summed E-state index contributed by atoms with van der Waals surface area (Å²) in [6.07, 6.45) is 1.52. The summed E-state index contributed by atoms with van der Waals surface area (Å²) in [5.41, 5.74) is 2.82. The van der Waals surface area contributed by atoms with Gasteiger partial charge in [0.2, 0.25) is 10.0 Å². The summed E-state index contributed by atoms with van der Waals surface area (Å²) in [6.45, 7) is 1.05. The van der Waals surface area contributed by atoms with Crippen LogP contribution in [-0.2, 0) is 28.6 Å². The molecule has 0 spiro atoms. The average Bonchev–Trinajstić information content (AvgIpc) is 2.97. The number of rotatable bonds is 6. The van der Waals surface area contributed by atoms with E-state index >= 15 is 0 Å². The predicted octanol–water partition coefficient (Wildman–Crippen LogP) is 2.42. The summed E-state index contributed by atoms with van der Waals surface area (Å²) in [4.78, 5) is 0. The number of hydrogen-bond donors (Lipinski definition) is 1. The molecule has 23 heavy (non-hydrogen) atoms. The monoisotopic (exact) mass is 335 g/mol. The van der Waals surface area contributed by atoms with E-state index in [9.17, 15) is 12.8 Å². The molecular weight excluding hydrogens is 317 g/mol. The van der Waals surface area contributed by atoms with Crippen molar-refractivity contribution in [3.05, 3.63) is 65.0 Å². The molecule has 0 aromatic heterocycles. The Morgan fingerprint density at radius 3 is 2.61 bits per heavy atom. The van der Waals surface area contributed by atoms with E-state index < -0.39 is 10.0 Å². The van der Waals surface area contributed by atoms with Crippen molar-refractivity contribution in [2.75, 3.05) is 13.2 Å². The highest BCUT2D eigenvalue weighted by atomic mass is 32.2. The Bertz CT molecular complexity index is 788. The standard InChI is InChI=1S/C17H18FNO3S/c18-16-4-1-14(2-5-16)12-23(20,21)19-9-7-13-3-6-17-15(11-13)8-10-22-17/h1-6,11,19H,7-10,12H2. The van der Waals surface area contributed by atoms with E-state index in [2.05, 4.69) is 10.8 Å². The molecule has 0 saturated heterocycles. The molecule has 0 bridgehead atoms. The van der Waals surface area contributed by atoms with Crippen LogP contribution in [0, 0.1) is 5.82 Å². The van der Waals surface area contributed by atoms with E-state index in [1.54, 1.807) is 0 Å². The zero-order chi connectivity index (χ0) is 16.3. The lowest BCUT2D eigenvalue weighted by atomic mass is 10.1. The highest BCUT2D eigenvalue weighted by molar-refractivity contribution is 7.88. The van der Waals surface area contributed by atoms with Crippen molar-refractivity contribution in [1.29, 1.82) is 0 Å². The molecule has 122 valence electrons.